The molecule has 0 radical (unpaired) electrons. The van der Waals surface area contributed by atoms with Crippen LogP contribution >= 0.6 is 0 Å². The zero-order valence-corrected chi connectivity index (χ0v) is 12.3. The molecule has 5 heteroatoms. The number of methoxy groups -OCH3 is 1. The molecule has 0 aromatic carbocycles. The number of H-pyrrole nitrogens is 1. The van der Waals surface area contributed by atoms with Crippen LogP contribution in [0.25, 0.3) is 33.2 Å². The average molecular weight is 290 g/mol. The van der Waals surface area contributed by atoms with Gasteiger partial charge in [-0.2, -0.15) is 0 Å². The fourth-order valence-electron chi connectivity index (χ4n) is 2.78. The van der Waals surface area contributed by atoms with E-state index in [2.05, 4.69) is 26.0 Å². The second-order valence-corrected chi connectivity index (χ2v) is 5.16. The van der Waals surface area contributed by atoms with Crippen molar-refractivity contribution in [2.75, 3.05) is 7.11 Å². The van der Waals surface area contributed by atoms with Gasteiger partial charge in [0.2, 0.25) is 0 Å². The maximum atomic E-state index is 5.38. The topological polar surface area (TPSA) is 63.7 Å². The molecule has 22 heavy (non-hydrogen) atoms. The lowest BCUT2D eigenvalue weighted by molar-refractivity contribution is 0.411. The average Bonchev–Trinajstić information content (AvgIpc) is 2.94. The summed E-state index contributed by atoms with van der Waals surface area (Å²) in [4.78, 5) is 16.4. The monoisotopic (exact) mass is 290 g/mol. The summed E-state index contributed by atoms with van der Waals surface area (Å²) in [6.45, 7) is 2.04. The Kier molecular flexibility index (Phi) is 2.79. The lowest BCUT2D eigenvalue weighted by atomic mass is 10.1. The second-order valence-electron chi connectivity index (χ2n) is 5.16. The van der Waals surface area contributed by atoms with Crippen LogP contribution < -0.4 is 4.74 Å². The van der Waals surface area contributed by atoms with Crippen LogP contribution in [0.15, 0.2) is 43.0 Å². The summed E-state index contributed by atoms with van der Waals surface area (Å²) in [6.07, 6.45) is 7.15. The summed E-state index contributed by atoms with van der Waals surface area (Å²) in [5, 5.41) is 2.16. The first-order valence-electron chi connectivity index (χ1n) is 6.99. The summed E-state index contributed by atoms with van der Waals surface area (Å²) >= 11 is 0. The Hall–Kier alpha value is -2.95. The highest BCUT2D eigenvalue weighted by molar-refractivity contribution is 6.08. The van der Waals surface area contributed by atoms with Crippen molar-refractivity contribution in [3.8, 4) is 17.0 Å². The Bertz CT molecular complexity index is 976. The number of ether oxygens (including phenoxy) is 1. The van der Waals surface area contributed by atoms with E-state index in [1.54, 1.807) is 19.5 Å². The van der Waals surface area contributed by atoms with Crippen LogP contribution in [0, 0.1) is 6.92 Å². The highest BCUT2D eigenvalue weighted by Crippen LogP contribution is 2.33. The Balaban J connectivity index is 2.04. The zero-order chi connectivity index (χ0) is 15.1. The molecule has 0 saturated carbocycles. The summed E-state index contributed by atoms with van der Waals surface area (Å²) in [6, 6.07) is 5.98. The number of aromatic amines is 1. The molecule has 0 aliphatic heterocycles. The summed E-state index contributed by atoms with van der Waals surface area (Å²) in [5.41, 5.74) is 4.77. The number of aryl methyl sites for hydroxylation is 1. The van der Waals surface area contributed by atoms with Crippen molar-refractivity contribution in [1.82, 2.24) is 19.9 Å². The molecule has 4 heterocycles. The van der Waals surface area contributed by atoms with E-state index in [1.165, 1.54) is 0 Å². The third-order valence-electron chi connectivity index (χ3n) is 3.90. The van der Waals surface area contributed by atoms with Gasteiger partial charge in [-0.3, -0.25) is 9.97 Å². The minimum Gasteiger partial charge on any atom is -0.495 e. The van der Waals surface area contributed by atoms with Crippen LogP contribution in [0.5, 0.6) is 5.75 Å². The first kappa shape index (κ1) is 12.8. The van der Waals surface area contributed by atoms with Crippen molar-refractivity contribution in [1.29, 1.82) is 0 Å². The van der Waals surface area contributed by atoms with Gasteiger partial charge in [0, 0.05) is 34.3 Å². The molecule has 4 aromatic heterocycles. The molecular weight excluding hydrogens is 276 g/mol. The number of nitrogens with zero attached hydrogens (tertiary/aromatic N) is 3. The van der Waals surface area contributed by atoms with Crippen molar-refractivity contribution in [3.63, 3.8) is 0 Å². The molecule has 0 bridgehead atoms. The van der Waals surface area contributed by atoms with Crippen LogP contribution in [0.1, 0.15) is 5.56 Å². The van der Waals surface area contributed by atoms with E-state index in [4.69, 9.17) is 4.74 Å². The summed E-state index contributed by atoms with van der Waals surface area (Å²) < 4.78 is 5.38. The molecule has 5 nitrogen and oxygen atoms in total. The van der Waals surface area contributed by atoms with E-state index in [0.717, 1.165) is 44.5 Å². The number of hydrogen-bond donors (Lipinski definition) is 1. The van der Waals surface area contributed by atoms with Gasteiger partial charge in [-0.25, -0.2) is 4.98 Å². The van der Waals surface area contributed by atoms with Crippen LogP contribution in [0.2, 0.25) is 0 Å². The fraction of sp³-hybridized carbons (Fsp3) is 0.118. The molecule has 0 unspecified atom stereocenters. The van der Waals surface area contributed by atoms with Crippen LogP contribution in [0.4, 0.5) is 0 Å². The lowest BCUT2D eigenvalue weighted by Crippen LogP contribution is -1.89. The SMILES string of the molecule is COc1cnc2[nH]c3cnc(-c4cccnc4)cc3c2c1C. The van der Waals surface area contributed by atoms with Gasteiger partial charge in [0.15, 0.2) is 0 Å². The number of rotatable bonds is 2. The molecule has 0 amide bonds. The van der Waals surface area contributed by atoms with Gasteiger partial charge in [-0.1, -0.05) is 0 Å². The standard InChI is InChI=1S/C17H14N4O/c1-10-15(22-2)9-20-17-16(10)12-6-13(19-8-14(12)21-17)11-4-3-5-18-7-11/h3-9H,1-2H3,(H,20,21). The Morgan fingerprint density at radius 2 is 2.05 bits per heavy atom. The number of hydrogen-bond acceptors (Lipinski definition) is 4. The van der Waals surface area contributed by atoms with Crippen molar-refractivity contribution in [3.05, 3.63) is 48.5 Å². The Morgan fingerprint density at radius 3 is 2.82 bits per heavy atom. The predicted molar refractivity (Wildman–Crippen MR) is 85.9 cm³/mol. The third kappa shape index (κ3) is 1.83. The molecule has 0 fully saturated rings. The van der Waals surface area contributed by atoms with E-state index in [0.29, 0.717) is 0 Å². The molecule has 0 atom stereocenters. The van der Waals surface area contributed by atoms with Gasteiger partial charge in [0.05, 0.1) is 30.7 Å². The highest BCUT2D eigenvalue weighted by Gasteiger charge is 2.13. The first-order valence-corrected chi connectivity index (χ1v) is 6.99. The minimum absolute atomic E-state index is 0.785. The molecule has 4 aromatic rings. The van der Waals surface area contributed by atoms with E-state index in [-0.39, 0.29) is 0 Å². The fourth-order valence-corrected chi connectivity index (χ4v) is 2.78. The molecule has 0 aliphatic carbocycles. The molecule has 108 valence electrons. The van der Waals surface area contributed by atoms with Gasteiger partial charge in [0.1, 0.15) is 11.4 Å². The quantitative estimate of drug-likeness (QED) is 0.614. The predicted octanol–water partition coefficient (Wildman–Crippen LogP) is 3.49. The number of pyridine rings is 3. The first-order chi connectivity index (χ1) is 10.8. The molecule has 4 rings (SSSR count). The Labute approximate surface area is 127 Å². The van der Waals surface area contributed by atoms with Gasteiger partial charge < -0.3 is 9.72 Å². The molecular formula is C17H14N4O. The summed E-state index contributed by atoms with van der Waals surface area (Å²) in [5.74, 6) is 0.785. The van der Waals surface area contributed by atoms with E-state index in [9.17, 15) is 0 Å². The second kappa shape index (κ2) is 4.80. The van der Waals surface area contributed by atoms with Gasteiger partial charge >= 0.3 is 0 Å². The van der Waals surface area contributed by atoms with E-state index >= 15 is 0 Å². The van der Waals surface area contributed by atoms with Crippen molar-refractivity contribution >= 4 is 21.9 Å². The largest absolute Gasteiger partial charge is 0.495 e. The Morgan fingerprint density at radius 1 is 1.14 bits per heavy atom. The molecule has 0 saturated heterocycles. The molecule has 0 aliphatic rings. The molecule has 1 N–H and O–H groups in total. The van der Waals surface area contributed by atoms with Gasteiger partial charge in [0.25, 0.3) is 0 Å². The lowest BCUT2D eigenvalue weighted by Gasteiger charge is -2.05. The number of aromatic nitrogens is 4. The molecule has 0 spiro atoms. The smallest absolute Gasteiger partial charge is 0.140 e. The van der Waals surface area contributed by atoms with Crippen LogP contribution in [-0.2, 0) is 0 Å². The van der Waals surface area contributed by atoms with Crippen LogP contribution in [-0.4, -0.2) is 27.0 Å². The number of nitrogens with one attached hydrogen (secondary N) is 1. The maximum Gasteiger partial charge on any atom is 0.140 e. The normalized spacial score (nSPS) is 11.2. The van der Waals surface area contributed by atoms with E-state index < -0.39 is 0 Å². The van der Waals surface area contributed by atoms with Crippen molar-refractivity contribution in [2.24, 2.45) is 0 Å². The maximum absolute atomic E-state index is 5.38. The zero-order valence-electron chi connectivity index (χ0n) is 12.3. The summed E-state index contributed by atoms with van der Waals surface area (Å²) in [7, 11) is 1.66. The highest BCUT2D eigenvalue weighted by atomic mass is 16.5. The van der Waals surface area contributed by atoms with Crippen molar-refractivity contribution in [2.45, 2.75) is 6.92 Å². The van der Waals surface area contributed by atoms with E-state index in [1.807, 2.05) is 31.5 Å². The van der Waals surface area contributed by atoms with Crippen LogP contribution in [0.3, 0.4) is 0 Å². The minimum atomic E-state index is 0.785. The number of fused-ring (bicyclic) bond motifs is 3. The van der Waals surface area contributed by atoms with Gasteiger partial charge in [-0.05, 0) is 25.1 Å². The van der Waals surface area contributed by atoms with Crippen molar-refractivity contribution < 1.29 is 4.74 Å². The van der Waals surface area contributed by atoms with Gasteiger partial charge in [-0.15, -0.1) is 0 Å². The third-order valence-corrected chi connectivity index (χ3v) is 3.90.